The Morgan fingerprint density at radius 2 is 2.00 bits per heavy atom. The minimum absolute atomic E-state index is 0.0678. The highest BCUT2D eigenvalue weighted by Gasteiger charge is 2.14. The van der Waals surface area contributed by atoms with E-state index in [0.29, 0.717) is 5.02 Å². The lowest BCUT2D eigenvalue weighted by Crippen LogP contribution is -2.16. The summed E-state index contributed by atoms with van der Waals surface area (Å²) in [6.07, 6.45) is 2.22. The molecule has 1 N–H and O–H groups in total. The maximum absolute atomic E-state index is 12.4. The number of hydrogen-bond donors (Lipinski definition) is 1. The summed E-state index contributed by atoms with van der Waals surface area (Å²) in [5.41, 5.74) is 5.50. The number of carbonyl (C=O) groups is 1. The van der Waals surface area contributed by atoms with Crippen LogP contribution in [0, 0.1) is 20.8 Å². The van der Waals surface area contributed by atoms with E-state index in [-0.39, 0.29) is 12.3 Å². The molecule has 0 fully saturated rings. The van der Waals surface area contributed by atoms with Crippen LogP contribution in [-0.2, 0) is 11.2 Å². The summed E-state index contributed by atoms with van der Waals surface area (Å²) in [7, 11) is 0. The number of hydrogen-bond acceptors (Lipinski definition) is 2. The molecule has 0 radical (unpaired) electrons. The van der Waals surface area contributed by atoms with Gasteiger partial charge in [0.25, 0.3) is 0 Å². The Bertz CT molecular complexity index is 899. The minimum Gasteiger partial charge on any atom is -0.326 e. The zero-order valence-electron chi connectivity index (χ0n) is 13.4. The Morgan fingerprint density at radius 3 is 2.74 bits per heavy atom. The standard InChI is InChI=1S/C18H18ClN3O/c1-11-5-4-8-22-16(13(3)20-18(11)22)10-17(23)21-15-7-6-14(19)9-12(15)2/h4-9H,10H2,1-3H3,(H,21,23). The third-order valence-electron chi connectivity index (χ3n) is 3.93. The third kappa shape index (κ3) is 3.08. The fourth-order valence-corrected chi connectivity index (χ4v) is 2.92. The number of carbonyl (C=O) groups excluding carboxylic acids is 1. The topological polar surface area (TPSA) is 46.4 Å². The lowest BCUT2D eigenvalue weighted by Gasteiger charge is -2.09. The molecular formula is C18H18ClN3O. The lowest BCUT2D eigenvalue weighted by molar-refractivity contribution is -0.115. The van der Waals surface area contributed by atoms with Gasteiger partial charge in [0, 0.05) is 16.9 Å². The Morgan fingerprint density at radius 1 is 1.22 bits per heavy atom. The number of imidazole rings is 1. The van der Waals surface area contributed by atoms with Gasteiger partial charge in [0.15, 0.2) is 0 Å². The van der Waals surface area contributed by atoms with Gasteiger partial charge in [0.2, 0.25) is 5.91 Å². The highest BCUT2D eigenvalue weighted by Crippen LogP contribution is 2.21. The van der Waals surface area contributed by atoms with E-state index in [9.17, 15) is 4.79 Å². The predicted molar refractivity (Wildman–Crippen MR) is 93.2 cm³/mol. The second-order valence-corrected chi connectivity index (χ2v) is 6.15. The molecule has 2 heterocycles. The van der Waals surface area contributed by atoms with Crippen LogP contribution in [0.1, 0.15) is 22.5 Å². The van der Waals surface area contributed by atoms with Gasteiger partial charge >= 0.3 is 0 Å². The van der Waals surface area contributed by atoms with Crippen molar-refractivity contribution >= 4 is 28.8 Å². The maximum atomic E-state index is 12.4. The van der Waals surface area contributed by atoms with Gasteiger partial charge in [-0.3, -0.25) is 4.79 Å². The molecule has 4 nitrogen and oxygen atoms in total. The number of nitrogens with zero attached hydrogens (tertiary/aromatic N) is 2. The summed E-state index contributed by atoms with van der Waals surface area (Å²) in [5, 5.41) is 3.60. The van der Waals surface area contributed by atoms with Crippen LogP contribution in [-0.4, -0.2) is 15.3 Å². The average molecular weight is 328 g/mol. The molecule has 2 aromatic heterocycles. The molecule has 0 bridgehead atoms. The zero-order valence-corrected chi connectivity index (χ0v) is 14.1. The number of aromatic nitrogens is 2. The van der Waals surface area contributed by atoms with Gasteiger partial charge in [-0.05, 0) is 56.2 Å². The van der Waals surface area contributed by atoms with E-state index >= 15 is 0 Å². The van der Waals surface area contributed by atoms with E-state index in [1.807, 2.05) is 55.6 Å². The van der Waals surface area contributed by atoms with Crippen molar-refractivity contribution in [3.63, 3.8) is 0 Å². The second-order valence-electron chi connectivity index (χ2n) is 5.71. The number of aryl methyl sites for hydroxylation is 3. The van der Waals surface area contributed by atoms with Crippen molar-refractivity contribution in [2.45, 2.75) is 27.2 Å². The summed E-state index contributed by atoms with van der Waals surface area (Å²) in [4.78, 5) is 17.0. The Hall–Kier alpha value is -2.33. The Balaban J connectivity index is 1.86. The molecule has 1 amide bonds. The van der Waals surface area contributed by atoms with E-state index in [0.717, 1.165) is 33.8 Å². The lowest BCUT2D eigenvalue weighted by atomic mass is 10.2. The van der Waals surface area contributed by atoms with Crippen molar-refractivity contribution in [3.05, 3.63) is 64.1 Å². The largest absolute Gasteiger partial charge is 0.326 e. The van der Waals surface area contributed by atoms with Crippen LogP contribution in [0.15, 0.2) is 36.5 Å². The summed E-state index contributed by atoms with van der Waals surface area (Å²) < 4.78 is 1.99. The molecule has 0 aliphatic carbocycles. The number of anilines is 1. The van der Waals surface area contributed by atoms with Crippen LogP contribution in [0.5, 0.6) is 0 Å². The van der Waals surface area contributed by atoms with Crippen molar-refractivity contribution < 1.29 is 4.79 Å². The van der Waals surface area contributed by atoms with E-state index in [4.69, 9.17) is 11.6 Å². The molecule has 0 unspecified atom stereocenters. The number of benzene rings is 1. The predicted octanol–water partition coefficient (Wildman–Crippen LogP) is 4.09. The normalized spacial score (nSPS) is 11.0. The molecule has 3 aromatic rings. The van der Waals surface area contributed by atoms with E-state index in [2.05, 4.69) is 10.3 Å². The summed E-state index contributed by atoms with van der Waals surface area (Å²) in [5.74, 6) is -0.0678. The Labute approximate surface area is 140 Å². The minimum atomic E-state index is -0.0678. The first-order valence-corrected chi connectivity index (χ1v) is 7.82. The fraction of sp³-hybridized carbons (Fsp3) is 0.222. The van der Waals surface area contributed by atoms with Crippen LogP contribution in [0.4, 0.5) is 5.69 Å². The summed E-state index contributed by atoms with van der Waals surface area (Å²) >= 11 is 5.95. The molecule has 0 spiro atoms. The van der Waals surface area contributed by atoms with Gasteiger partial charge in [0.1, 0.15) is 5.65 Å². The van der Waals surface area contributed by atoms with Crippen LogP contribution < -0.4 is 5.32 Å². The molecule has 0 saturated carbocycles. The number of amides is 1. The van der Waals surface area contributed by atoms with Gasteiger partial charge < -0.3 is 9.72 Å². The van der Waals surface area contributed by atoms with Crippen molar-refractivity contribution in [2.75, 3.05) is 5.32 Å². The maximum Gasteiger partial charge on any atom is 0.230 e. The first-order valence-electron chi connectivity index (χ1n) is 7.45. The molecular weight excluding hydrogens is 310 g/mol. The van der Waals surface area contributed by atoms with Crippen molar-refractivity contribution in [1.29, 1.82) is 0 Å². The van der Waals surface area contributed by atoms with Gasteiger partial charge in [-0.2, -0.15) is 0 Å². The quantitative estimate of drug-likeness (QED) is 0.787. The summed E-state index contributed by atoms with van der Waals surface area (Å²) in [6.45, 7) is 5.87. The number of pyridine rings is 1. The second kappa shape index (κ2) is 6.05. The molecule has 23 heavy (non-hydrogen) atoms. The molecule has 118 valence electrons. The SMILES string of the molecule is Cc1cc(Cl)ccc1NC(=O)Cc1c(C)nc2c(C)cccn12. The van der Waals surface area contributed by atoms with Crippen molar-refractivity contribution in [2.24, 2.45) is 0 Å². The summed E-state index contributed by atoms with van der Waals surface area (Å²) in [6, 6.07) is 9.41. The van der Waals surface area contributed by atoms with Gasteiger partial charge in [-0.1, -0.05) is 17.7 Å². The van der Waals surface area contributed by atoms with E-state index in [1.54, 1.807) is 6.07 Å². The molecule has 0 atom stereocenters. The highest BCUT2D eigenvalue weighted by molar-refractivity contribution is 6.30. The van der Waals surface area contributed by atoms with Crippen LogP contribution in [0.2, 0.25) is 5.02 Å². The van der Waals surface area contributed by atoms with Crippen LogP contribution in [0.25, 0.3) is 5.65 Å². The fourth-order valence-electron chi connectivity index (χ4n) is 2.69. The number of halogens is 1. The zero-order chi connectivity index (χ0) is 16.6. The third-order valence-corrected chi connectivity index (χ3v) is 4.17. The number of fused-ring (bicyclic) bond motifs is 1. The molecule has 0 aliphatic rings. The monoisotopic (exact) mass is 327 g/mol. The Kier molecular flexibility index (Phi) is 4.09. The molecule has 5 heteroatoms. The highest BCUT2D eigenvalue weighted by atomic mass is 35.5. The smallest absolute Gasteiger partial charge is 0.230 e. The van der Waals surface area contributed by atoms with Crippen LogP contribution >= 0.6 is 11.6 Å². The first-order chi connectivity index (χ1) is 11.0. The van der Waals surface area contributed by atoms with Gasteiger partial charge in [-0.25, -0.2) is 4.98 Å². The van der Waals surface area contributed by atoms with E-state index in [1.165, 1.54) is 0 Å². The van der Waals surface area contributed by atoms with Crippen LogP contribution in [0.3, 0.4) is 0 Å². The molecule has 0 aliphatic heterocycles. The van der Waals surface area contributed by atoms with E-state index < -0.39 is 0 Å². The molecule has 0 saturated heterocycles. The van der Waals surface area contributed by atoms with Crippen molar-refractivity contribution in [1.82, 2.24) is 9.38 Å². The van der Waals surface area contributed by atoms with Gasteiger partial charge in [0.05, 0.1) is 17.8 Å². The van der Waals surface area contributed by atoms with Gasteiger partial charge in [-0.15, -0.1) is 0 Å². The first kappa shape index (κ1) is 15.6. The number of nitrogens with one attached hydrogen (secondary N) is 1. The molecule has 1 aromatic carbocycles. The van der Waals surface area contributed by atoms with Crippen molar-refractivity contribution in [3.8, 4) is 0 Å². The molecule has 3 rings (SSSR count). The number of rotatable bonds is 3. The average Bonchev–Trinajstić information content (AvgIpc) is 2.80.